The zero-order valence-corrected chi connectivity index (χ0v) is 11.5. The average Bonchev–Trinajstić information content (AvgIpc) is 2.34. The highest BCUT2D eigenvalue weighted by molar-refractivity contribution is 6.77. The number of aliphatic hydroxyl groups is 1. The largest absolute Gasteiger partial charge is 0.393 e. The van der Waals surface area contributed by atoms with E-state index in [1.165, 1.54) is 11.1 Å². The van der Waals surface area contributed by atoms with Crippen LogP contribution >= 0.6 is 0 Å². The minimum Gasteiger partial charge on any atom is -0.393 e. The average molecular weight is 234 g/mol. The third-order valence-corrected chi connectivity index (χ3v) is 6.75. The van der Waals surface area contributed by atoms with Crippen LogP contribution in [0.15, 0.2) is 24.3 Å². The molecule has 0 heterocycles. The molecule has 2 rings (SSSR count). The van der Waals surface area contributed by atoms with E-state index in [0.29, 0.717) is 5.54 Å². The van der Waals surface area contributed by atoms with E-state index in [9.17, 15) is 5.11 Å². The Balaban J connectivity index is 2.25. The van der Waals surface area contributed by atoms with Crippen molar-refractivity contribution in [1.82, 2.24) is 0 Å². The Morgan fingerprint density at radius 3 is 2.38 bits per heavy atom. The monoisotopic (exact) mass is 234 g/mol. The molecule has 2 heteroatoms. The Kier molecular flexibility index (Phi) is 3.22. The second-order valence-corrected chi connectivity index (χ2v) is 11.5. The van der Waals surface area contributed by atoms with Crippen LogP contribution in [0, 0.1) is 0 Å². The van der Waals surface area contributed by atoms with Gasteiger partial charge < -0.3 is 5.11 Å². The first-order valence-corrected chi connectivity index (χ1v) is 9.81. The Labute approximate surface area is 99.5 Å². The fourth-order valence-corrected chi connectivity index (χ4v) is 5.16. The number of rotatable bonds is 1. The van der Waals surface area contributed by atoms with Gasteiger partial charge in [-0.1, -0.05) is 43.9 Å². The van der Waals surface area contributed by atoms with Crippen molar-refractivity contribution < 1.29 is 5.11 Å². The smallest absolute Gasteiger partial charge is 0.0585 e. The van der Waals surface area contributed by atoms with Crippen molar-refractivity contribution in [3.05, 3.63) is 35.4 Å². The molecule has 1 aromatic carbocycles. The maximum atomic E-state index is 10.4. The zero-order chi connectivity index (χ0) is 11.8. The third-order valence-electron chi connectivity index (χ3n) is 3.85. The summed E-state index contributed by atoms with van der Waals surface area (Å²) in [6, 6.07) is 8.58. The lowest BCUT2D eigenvalue weighted by molar-refractivity contribution is 0.162. The molecule has 0 aliphatic heterocycles. The van der Waals surface area contributed by atoms with Gasteiger partial charge >= 0.3 is 0 Å². The van der Waals surface area contributed by atoms with Gasteiger partial charge in [-0.3, -0.25) is 0 Å². The second kappa shape index (κ2) is 4.34. The molecule has 0 saturated heterocycles. The van der Waals surface area contributed by atoms with Crippen LogP contribution in [-0.2, 0) is 12.8 Å². The second-order valence-electron chi connectivity index (χ2n) is 6.05. The van der Waals surface area contributed by atoms with Crippen molar-refractivity contribution in [1.29, 1.82) is 0 Å². The van der Waals surface area contributed by atoms with Gasteiger partial charge in [0.15, 0.2) is 0 Å². The van der Waals surface area contributed by atoms with Gasteiger partial charge in [-0.05, 0) is 35.9 Å². The maximum absolute atomic E-state index is 10.4. The molecule has 0 unspecified atom stereocenters. The van der Waals surface area contributed by atoms with E-state index in [1.807, 2.05) is 0 Å². The third kappa shape index (κ3) is 2.38. The topological polar surface area (TPSA) is 20.2 Å². The molecule has 0 fully saturated rings. The SMILES string of the molecule is C[Si](C)(C)[C@H]1CCc2ccccc2C[C@H]1O. The van der Waals surface area contributed by atoms with Crippen LogP contribution in [0.3, 0.4) is 0 Å². The fourth-order valence-electron chi connectivity index (χ4n) is 2.88. The minimum atomic E-state index is -1.24. The number of fused-ring (bicyclic) bond motifs is 1. The van der Waals surface area contributed by atoms with Crippen molar-refractivity contribution in [3.63, 3.8) is 0 Å². The van der Waals surface area contributed by atoms with Crippen LogP contribution in [0.2, 0.25) is 25.2 Å². The molecule has 0 radical (unpaired) electrons. The standard InChI is InChI=1S/C14H22OSi/c1-16(2,3)14-9-8-11-6-4-5-7-12(11)10-13(14)15/h4-7,13-15H,8-10H2,1-3H3/t13-,14+/m1/s1. The van der Waals surface area contributed by atoms with Crippen molar-refractivity contribution >= 4 is 8.07 Å². The molecule has 0 saturated carbocycles. The maximum Gasteiger partial charge on any atom is 0.0585 e. The number of aliphatic hydroxyl groups excluding tert-OH is 1. The van der Waals surface area contributed by atoms with Crippen LogP contribution in [0.4, 0.5) is 0 Å². The minimum absolute atomic E-state index is 0.129. The highest BCUT2D eigenvalue weighted by Crippen LogP contribution is 2.35. The molecule has 1 N–H and O–H groups in total. The molecule has 0 amide bonds. The van der Waals surface area contributed by atoms with Gasteiger partial charge in [-0.15, -0.1) is 0 Å². The molecule has 2 atom stereocenters. The van der Waals surface area contributed by atoms with Gasteiger partial charge in [-0.25, -0.2) is 0 Å². The summed E-state index contributed by atoms with van der Waals surface area (Å²) < 4.78 is 0. The summed E-state index contributed by atoms with van der Waals surface area (Å²) in [5, 5.41) is 10.4. The van der Waals surface area contributed by atoms with Gasteiger partial charge in [0.25, 0.3) is 0 Å². The molecule has 0 bridgehead atoms. The summed E-state index contributed by atoms with van der Waals surface area (Å²) in [6.45, 7) is 7.12. The molecule has 88 valence electrons. The molecule has 0 aromatic heterocycles. The first-order chi connectivity index (χ1) is 7.48. The van der Waals surface area contributed by atoms with Crippen molar-refractivity contribution in [2.75, 3.05) is 0 Å². The first-order valence-electron chi connectivity index (χ1n) is 6.23. The van der Waals surface area contributed by atoms with E-state index >= 15 is 0 Å². The summed E-state index contributed by atoms with van der Waals surface area (Å²) in [5.41, 5.74) is 3.35. The first kappa shape index (κ1) is 11.9. The Bertz CT molecular complexity index is 367. The van der Waals surface area contributed by atoms with Crippen molar-refractivity contribution in [2.45, 2.75) is 50.5 Å². The van der Waals surface area contributed by atoms with E-state index in [-0.39, 0.29) is 6.10 Å². The highest BCUT2D eigenvalue weighted by Gasteiger charge is 2.34. The molecule has 1 aromatic rings. The molecule has 1 nitrogen and oxygen atoms in total. The lowest BCUT2D eigenvalue weighted by Crippen LogP contribution is -2.36. The highest BCUT2D eigenvalue weighted by atomic mass is 28.3. The Morgan fingerprint density at radius 1 is 1.12 bits per heavy atom. The number of hydrogen-bond acceptors (Lipinski definition) is 1. The van der Waals surface area contributed by atoms with Gasteiger partial charge in [0, 0.05) is 0 Å². The number of benzene rings is 1. The Hall–Kier alpha value is -0.603. The number of aryl methyl sites for hydroxylation is 1. The van der Waals surface area contributed by atoms with Gasteiger partial charge in [0.2, 0.25) is 0 Å². The molecule has 1 aliphatic rings. The molecule has 16 heavy (non-hydrogen) atoms. The summed E-state index contributed by atoms with van der Waals surface area (Å²) in [7, 11) is -1.24. The van der Waals surface area contributed by atoms with Crippen molar-refractivity contribution in [2.24, 2.45) is 0 Å². The van der Waals surface area contributed by atoms with E-state index in [4.69, 9.17) is 0 Å². The van der Waals surface area contributed by atoms with Crippen molar-refractivity contribution in [3.8, 4) is 0 Å². The normalized spacial score (nSPS) is 26.0. The summed E-state index contributed by atoms with van der Waals surface area (Å²) in [5.74, 6) is 0. The molecular formula is C14H22OSi. The fraction of sp³-hybridized carbons (Fsp3) is 0.571. The van der Waals surface area contributed by atoms with E-state index < -0.39 is 8.07 Å². The van der Waals surface area contributed by atoms with Crippen LogP contribution in [0.1, 0.15) is 17.5 Å². The lowest BCUT2D eigenvalue weighted by atomic mass is 10.0. The van der Waals surface area contributed by atoms with Crippen LogP contribution in [0.5, 0.6) is 0 Å². The predicted octanol–water partition coefficient (Wildman–Crippen LogP) is 3.24. The Morgan fingerprint density at radius 2 is 1.75 bits per heavy atom. The van der Waals surface area contributed by atoms with Gasteiger partial charge in [-0.2, -0.15) is 0 Å². The summed E-state index contributed by atoms with van der Waals surface area (Å²) in [4.78, 5) is 0. The molecular weight excluding hydrogens is 212 g/mol. The van der Waals surface area contributed by atoms with Gasteiger partial charge in [0.1, 0.15) is 0 Å². The quantitative estimate of drug-likeness (QED) is 0.584. The van der Waals surface area contributed by atoms with Crippen LogP contribution in [0.25, 0.3) is 0 Å². The van der Waals surface area contributed by atoms with Crippen LogP contribution < -0.4 is 0 Å². The molecule has 1 aliphatic carbocycles. The lowest BCUT2D eigenvalue weighted by Gasteiger charge is -2.31. The summed E-state index contributed by atoms with van der Waals surface area (Å²) >= 11 is 0. The van der Waals surface area contributed by atoms with E-state index in [2.05, 4.69) is 43.9 Å². The number of hydrogen-bond donors (Lipinski definition) is 1. The van der Waals surface area contributed by atoms with E-state index in [0.717, 1.165) is 19.3 Å². The van der Waals surface area contributed by atoms with Gasteiger partial charge in [0.05, 0.1) is 14.2 Å². The predicted molar refractivity (Wildman–Crippen MR) is 71.6 cm³/mol. The summed E-state index contributed by atoms with van der Waals surface area (Å²) in [6.07, 6.45) is 3.02. The zero-order valence-electron chi connectivity index (χ0n) is 10.5. The van der Waals surface area contributed by atoms with E-state index in [1.54, 1.807) is 0 Å². The molecule has 0 spiro atoms. The van der Waals surface area contributed by atoms with Crippen LogP contribution in [-0.4, -0.2) is 19.3 Å².